The predicted octanol–water partition coefficient (Wildman–Crippen LogP) is 26.1. The molecule has 0 saturated carbocycles. The van der Waals surface area contributed by atoms with Crippen LogP contribution in [0.4, 0.5) is 0 Å². The molecule has 0 aromatic heterocycles. The Balaban J connectivity index is 5.24. The number of hydrogen-bond donors (Lipinski definition) is 3. The van der Waals surface area contributed by atoms with E-state index in [0.717, 1.165) is 108 Å². The number of phosphoric acid groups is 2. The lowest BCUT2D eigenvalue weighted by Gasteiger charge is -2.21. The zero-order chi connectivity index (χ0) is 77.2. The summed E-state index contributed by atoms with van der Waals surface area (Å²) in [6, 6.07) is 0. The fourth-order valence-corrected chi connectivity index (χ4v) is 14.9. The third kappa shape index (κ3) is 78.5. The number of esters is 4. The number of aliphatic hydroxyl groups excluding tert-OH is 1. The van der Waals surface area contributed by atoms with Gasteiger partial charge in [-0.3, -0.25) is 37.3 Å². The fourth-order valence-electron chi connectivity index (χ4n) is 13.3. The molecule has 0 spiro atoms. The molecule has 0 rings (SSSR count). The van der Waals surface area contributed by atoms with E-state index in [1.165, 1.54) is 263 Å². The zero-order valence-electron chi connectivity index (χ0n) is 69.2. The molecule has 19 heteroatoms. The molecule has 17 nitrogen and oxygen atoms in total. The van der Waals surface area contributed by atoms with Gasteiger partial charge in [0.25, 0.3) is 0 Å². The second-order valence-electron chi connectivity index (χ2n) is 32.1. The van der Waals surface area contributed by atoms with E-state index in [9.17, 15) is 43.2 Å². The largest absolute Gasteiger partial charge is 0.472 e. The lowest BCUT2D eigenvalue weighted by atomic mass is 9.99. The van der Waals surface area contributed by atoms with Gasteiger partial charge in [-0.2, -0.15) is 0 Å². The maximum absolute atomic E-state index is 13.1. The van der Waals surface area contributed by atoms with Gasteiger partial charge >= 0.3 is 39.5 Å². The van der Waals surface area contributed by atoms with Crippen LogP contribution < -0.4 is 0 Å². The number of unbranched alkanes of at least 4 members (excludes halogenated alkanes) is 51. The number of ether oxygens (including phenoxy) is 4. The van der Waals surface area contributed by atoms with E-state index in [-0.39, 0.29) is 25.7 Å². The van der Waals surface area contributed by atoms with Crippen molar-refractivity contribution in [3.05, 3.63) is 0 Å². The third-order valence-electron chi connectivity index (χ3n) is 20.5. The number of rotatable bonds is 84. The van der Waals surface area contributed by atoms with Crippen LogP contribution in [0.2, 0.25) is 0 Å². The van der Waals surface area contributed by atoms with Crippen molar-refractivity contribution >= 4 is 39.5 Å². The summed E-state index contributed by atoms with van der Waals surface area (Å²) >= 11 is 0. The maximum atomic E-state index is 13.1. The summed E-state index contributed by atoms with van der Waals surface area (Å²) in [5, 5.41) is 10.7. The Morgan fingerprint density at radius 3 is 0.724 bits per heavy atom. The van der Waals surface area contributed by atoms with Crippen LogP contribution in [0.25, 0.3) is 0 Å². The Kier molecular flexibility index (Phi) is 74.7. The highest BCUT2D eigenvalue weighted by atomic mass is 31.2. The topological polar surface area (TPSA) is 237 Å². The molecule has 624 valence electrons. The van der Waals surface area contributed by atoms with E-state index < -0.39 is 97.5 Å². The van der Waals surface area contributed by atoms with Gasteiger partial charge < -0.3 is 33.8 Å². The minimum atomic E-state index is -4.97. The van der Waals surface area contributed by atoms with Gasteiger partial charge in [0.2, 0.25) is 0 Å². The quantitative estimate of drug-likeness (QED) is 0.0222. The Morgan fingerprint density at radius 1 is 0.276 bits per heavy atom. The molecule has 0 bridgehead atoms. The van der Waals surface area contributed by atoms with Crippen molar-refractivity contribution in [2.24, 2.45) is 17.8 Å². The normalized spacial score (nSPS) is 14.1. The van der Waals surface area contributed by atoms with E-state index in [0.29, 0.717) is 25.7 Å². The lowest BCUT2D eigenvalue weighted by Crippen LogP contribution is -2.30. The summed E-state index contributed by atoms with van der Waals surface area (Å²) in [6.07, 6.45) is 66.6. The molecule has 0 saturated heterocycles. The smallest absolute Gasteiger partial charge is 0.462 e. The molecule has 0 radical (unpaired) electrons. The van der Waals surface area contributed by atoms with Crippen LogP contribution in [0.5, 0.6) is 0 Å². The molecule has 0 aliphatic rings. The van der Waals surface area contributed by atoms with E-state index in [2.05, 4.69) is 48.5 Å². The van der Waals surface area contributed by atoms with Gasteiger partial charge in [-0.05, 0) is 43.4 Å². The Labute approximate surface area is 645 Å². The zero-order valence-corrected chi connectivity index (χ0v) is 71.0. The Hall–Kier alpha value is -1.94. The summed E-state index contributed by atoms with van der Waals surface area (Å²) in [4.78, 5) is 73.2. The lowest BCUT2D eigenvalue weighted by molar-refractivity contribution is -0.161. The maximum Gasteiger partial charge on any atom is 0.472 e. The predicted molar refractivity (Wildman–Crippen MR) is 432 cm³/mol. The summed E-state index contributed by atoms with van der Waals surface area (Å²) in [6.45, 7) is 12.1. The van der Waals surface area contributed by atoms with Crippen molar-refractivity contribution in [2.45, 2.75) is 471 Å². The number of carbonyl (C=O) groups excluding carboxylic acids is 4. The first kappa shape index (κ1) is 103. The summed E-state index contributed by atoms with van der Waals surface area (Å²) in [5.74, 6) is 0.326. The minimum absolute atomic E-state index is 0.106. The van der Waals surface area contributed by atoms with E-state index in [4.69, 9.17) is 37.0 Å². The van der Waals surface area contributed by atoms with Crippen molar-refractivity contribution in [3.63, 3.8) is 0 Å². The summed E-state index contributed by atoms with van der Waals surface area (Å²) in [7, 11) is -9.93. The van der Waals surface area contributed by atoms with Crippen molar-refractivity contribution in [1.82, 2.24) is 0 Å². The van der Waals surface area contributed by atoms with Crippen LogP contribution in [-0.4, -0.2) is 96.7 Å². The molecule has 0 aromatic carbocycles. The molecule has 0 amide bonds. The van der Waals surface area contributed by atoms with Crippen LogP contribution in [0.1, 0.15) is 453 Å². The highest BCUT2D eigenvalue weighted by molar-refractivity contribution is 7.47. The first-order valence-corrected chi connectivity index (χ1v) is 47.4. The van der Waals surface area contributed by atoms with Gasteiger partial charge in [0.05, 0.1) is 26.4 Å². The second kappa shape index (κ2) is 76.1. The molecule has 0 aliphatic carbocycles. The van der Waals surface area contributed by atoms with Gasteiger partial charge in [-0.15, -0.1) is 0 Å². The van der Waals surface area contributed by atoms with Crippen LogP contribution in [0, 0.1) is 17.8 Å². The molecular weight excluding hydrogens is 1370 g/mol. The molecule has 0 aromatic rings. The van der Waals surface area contributed by atoms with Gasteiger partial charge in [0, 0.05) is 25.7 Å². The molecule has 105 heavy (non-hydrogen) atoms. The van der Waals surface area contributed by atoms with Crippen molar-refractivity contribution in [1.29, 1.82) is 0 Å². The highest BCUT2D eigenvalue weighted by Gasteiger charge is 2.30. The van der Waals surface area contributed by atoms with Crippen LogP contribution in [-0.2, 0) is 65.4 Å². The fraction of sp³-hybridized carbons (Fsp3) is 0.953. The van der Waals surface area contributed by atoms with Crippen LogP contribution in [0.3, 0.4) is 0 Å². The molecule has 6 atom stereocenters. The van der Waals surface area contributed by atoms with Gasteiger partial charge in [-0.1, -0.05) is 402 Å². The number of phosphoric ester groups is 2. The van der Waals surface area contributed by atoms with E-state index >= 15 is 0 Å². The molecule has 0 heterocycles. The second-order valence-corrected chi connectivity index (χ2v) is 35.0. The number of carbonyl (C=O) groups is 4. The standard InChI is InChI=1S/C86H168O17P2/c1-8-10-11-12-13-14-15-31-39-46-53-60-67-83(88)96-74-82(103-86(91)70-63-56-49-42-35-34-37-44-51-58-65-78(5)6)76-101-105(94,95)99-72-80(87)71-98-104(92,93)100-75-81(73-97-84(89)68-61-54-47-40-32-27-24-20-21-25-29-36-43-50-57-64-77(3)4)102-85(90)69-62-55-48-41-33-28-23-19-17-16-18-22-26-30-38-45-52-59-66-79(7)9-2/h77-82,87H,8-76H2,1-7H3,(H,92,93)(H,94,95)/t79?,80-,81-,82-/m1/s1. The average molecular weight is 1540 g/mol. The Bertz CT molecular complexity index is 2030. The SMILES string of the molecule is CCCCCCCCCCCCCCC(=O)OC[C@H](COP(=O)(O)OC[C@H](O)COP(=O)(O)OC[C@@H](COC(=O)CCCCCCCCCCCCCCCCCC(C)C)OC(=O)CCCCCCCCCCCCCCCCCCCCC(C)CC)OC(=O)CCCCCCCCCCCCC(C)C. The highest BCUT2D eigenvalue weighted by Crippen LogP contribution is 2.45. The molecule has 0 aliphatic heterocycles. The van der Waals surface area contributed by atoms with E-state index in [1.807, 2.05) is 0 Å². The van der Waals surface area contributed by atoms with Crippen molar-refractivity contribution in [2.75, 3.05) is 39.6 Å². The first-order valence-electron chi connectivity index (χ1n) is 44.4. The number of aliphatic hydroxyl groups is 1. The minimum Gasteiger partial charge on any atom is -0.462 e. The Morgan fingerprint density at radius 2 is 0.486 bits per heavy atom. The van der Waals surface area contributed by atoms with Gasteiger partial charge in [0.15, 0.2) is 12.2 Å². The van der Waals surface area contributed by atoms with Crippen LogP contribution >= 0.6 is 15.6 Å². The summed E-state index contributed by atoms with van der Waals surface area (Å²) < 4.78 is 68.9. The van der Waals surface area contributed by atoms with Gasteiger partial charge in [-0.25, -0.2) is 9.13 Å². The first-order chi connectivity index (χ1) is 50.8. The third-order valence-corrected chi connectivity index (χ3v) is 22.4. The van der Waals surface area contributed by atoms with Crippen molar-refractivity contribution < 1.29 is 80.2 Å². The van der Waals surface area contributed by atoms with Crippen LogP contribution in [0.15, 0.2) is 0 Å². The van der Waals surface area contributed by atoms with E-state index in [1.54, 1.807) is 0 Å². The molecule has 0 fully saturated rings. The van der Waals surface area contributed by atoms with Gasteiger partial charge in [0.1, 0.15) is 19.3 Å². The molecule has 3 unspecified atom stereocenters. The molecular formula is C86H168O17P2. The summed E-state index contributed by atoms with van der Waals surface area (Å²) in [5.41, 5.74) is 0. The average Bonchev–Trinajstić information content (AvgIpc) is 0.940. The monoisotopic (exact) mass is 1540 g/mol. The van der Waals surface area contributed by atoms with Crippen molar-refractivity contribution in [3.8, 4) is 0 Å². The molecule has 3 N–H and O–H groups in total. The number of hydrogen-bond acceptors (Lipinski definition) is 15.